The fourth-order valence-corrected chi connectivity index (χ4v) is 2.98. The Morgan fingerprint density at radius 2 is 1.91 bits per heavy atom. The van der Waals surface area contributed by atoms with Crippen molar-refractivity contribution in [3.8, 4) is 5.75 Å². The molecule has 1 aliphatic heterocycles. The first-order valence-electron chi connectivity index (χ1n) is 8.05. The summed E-state index contributed by atoms with van der Waals surface area (Å²) in [5, 5.41) is 3.56. The molecule has 1 heterocycles. The first-order valence-corrected chi connectivity index (χ1v) is 8.05. The second kappa shape index (κ2) is 7.57. The molecule has 23 heavy (non-hydrogen) atoms. The average molecular weight is 315 g/mol. The van der Waals surface area contributed by atoms with Crippen LogP contribution in [0.1, 0.15) is 24.0 Å². The smallest absolute Gasteiger partial charge is 0.123 e. The van der Waals surface area contributed by atoms with Crippen molar-refractivity contribution in [1.29, 1.82) is 0 Å². The number of hydrogen-bond donors (Lipinski definition) is 1. The van der Waals surface area contributed by atoms with Crippen LogP contribution in [0.2, 0.25) is 0 Å². The van der Waals surface area contributed by atoms with Crippen molar-refractivity contribution in [2.45, 2.75) is 25.4 Å². The maximum Gasteiger partial charge on any atom is 0.123 e. The highest BCUT2D eigenvalue weighted by Crippen LogP contribution is 2.27. The van der Waals surface area contributed by atoms with Crippen LogP contribution in [-0.4, -0.2) is 25.9 Å². The minimum atomic E-state index is -0.206. The third kappa shape index (κ3) is 3.89. The molecule has 4 heteroatoms. The molecule has 1 N–H and O–H groups in total. The molecule has 0 amide bonds. The van der Waals surface area contributed by atoms with Gasteiger partial charge in [-0.2, -0.15) is 0 Å². The first-order chi connectivity index (χ1) is 11.3. The van der Waals surface area contributed by atoms with Crippen molar-refractivity contribution in [3.63, 3.8) is 0 Å². The fourth-order valence-electron chi connectivity index (χ4n) is 2.98. The van der Waals surface area contributed by atoms with E-state index < -0.39 is 0 Å². The molecule has 2 atom stereocenters. The van der Waals surface area contributed by atoms with Crippen LogP contribution in [-0.2, 0) is 11.3 Å². The molecule has 3 rings (SSSR count). The van der Waals surface area contributed by atoms with Crippen LogP contribution in [0.5, 0.6) is 5.75 Å². The maximum absolute atomic E-state index is 13.1. The lowest BCUT2D eigenvalue weighted by Crippen LogP contribution is -2.34. The van der Waals surface area contributed by atoms with Crippen molar-refractivity contribution in [1.82, 2.24) is 5.32 Å². The molecule has 0 aromatic heterocycles. The molecule has 0 aliphatic carbocycles. The van der Waals surface area contributed by atoms with Gasteiger partial charge >= 0.3 is 0 Å². The molecule has 2 aromatic carbocycles. The van der Waals surface area contributed by atoms with Crippen LogP contribution in [0.25, 0.3) is 0 Å². The minimum Gasteiger partial charge on any atom is -0.494 e. The van der Waals surface area contributed by atoms with Crippen molar-refractivity contribution < 1.29 is 13.9 Å². The number of benzene rings is 2. The quantitative estimate of drug-likeness (QED) is 0.885. The number of nitrogens with one attached hydrogen (secondary N) is 1. The molecular weight excluding hydrogens is 293 g/mol. The van der Waals surface area contributed by atoms with E-state index in [2.05, 4.69) is 11.4 Å². The van der Waals surface area contributed by atoms with Gasteiger partial charge in [0.15, 0.2) is 0 Å². The lowest BCUT2D eigenvalue weighted by Gasteiger charge is -2.20. The molecule has 3 nitrogen and oxygen atoms in total. The maximum atomic E-state index is 13.1. The zero-order chi connectivity index (χ0) is 16.1. The topological polar surface area (TPSA) is 30.5 Å². The van der Waals surface area contributed by atoms with Crippen molar-refractivity contribution in [3.05, 3.63) is 65.5 Å². The number of ether oxygens (including phenoxy) is 2. The van der Waals surface area contributed by atoms with Crippen LogP contribution in [0.4, 0.5) is 4.39 Å². The number of rotatable bonds is 6. The van der Waals surface area contributed by atoms with E-state index in [1.165, 1.54) is 12.1 Å². The Balaban J connectivity index is 1.66. The third-order valence-corrected chi connectivity index (χ3v) is 4.21. The Hall–Kier alpha value is -1.91. The van der Waals surface area contributed by atoms with Gasteiger partial charge in [-0.1, -0.05) is 30.3 Å². The highest BCUT2D eigenvalue weighted by atomic mass is 19.1. The fraction of sp³-hybridized carbons (Fsp3) is 0.368. The number of hydrogen-bond acceptors (Lipinski definition) is 3. The number of halogens is 1. The second-order valence-electron chi connectivity index (χ2n) is 5.72. The van der Waals surface area contributed by atoms with Gasteiger partial charge in [0.1, 0.15) is 11.6 Å². The molecule has 0 saturated carbocycles. The van der Waals surface area contributed by atoms with Crippen LogP contribution in [0.3, 0.4) is 0 Å². The predicted octanol–water partition coefficient (Wildman–Crippen LogP) is 3.50. The summed E-state index contributed by atoms with van der Waals surface area (Å²) in [5.74, 6) is 0.956. The van der Waals surface area contributed by atoms with E-state index in [9.17, 15) is 4.39 Å². The van der Waals surface area contributed by atoms with E-state index in [1.807, 2.05) is 37.3 Å². The zero-order valence-corrected chi connectivity index (χ0v) is 13.3. The number of para-hydroxylation sites is 1. The summed E-state index contributed by atoms with van der Waals surface area (Å²) < 4.78 is 24.4. The van der Waals surface area contributed by atoms with Gasteiger partial charge < -0.3 is 14.8 Å². The molecule has 2 aromatic rings. The van der Waals surface area contributed by atoms with Gasteiger partial charge in [-0.05, 0) is 30.7 Å². The summed E-state index contributed by atoms with van der Waals surface area (Å²) in [6.45, 7) is 4.69. The van der Waals surface area contributed by atoms with Crippen LogP contribution < -0.4 is 10.1 Å². The summed E-state index contributed by atoms with van der Waals surface area (Å²) in [5.41, 5.74) is 2.25. The Morgan fingerprint density at radius 1 is 1.13 bits per heavy atom. The van der Waals surface area contributed by atoms with Gasteiger partial charge in [0.25, 0.3) is 0 Å². The van der Waals surface area contributed by atoms with E-state index in [0.717, 1.165) is 23.4 Å². The Bertz CT molecular complexity index is 630. The summed E-state index contributed by atoms with van der Waals surface area (Å²) in [6.07, 6.45) is 0. The largest absolute Gasteiger partial charge is 0.494 e. The molecular formula is C19H22FNO2. The molecule has 1 saturated heterocycles. The lowest BCUT2D eigenvalue weighted by atomic mass is 9.94. The summed E-state index contributed by atoms with van der Waals surface area (Å²) in [4.78, 5) is 0. The SMILES string of the molecule is CCOc1ccccc1CN[C@@H]1COC[C@H]1c1ccc(F)cc1. The lowest BCUT2D eigenvalue weighted by molar-refractivity contribution is 0.187. The van der Waals surface area contributed by atoms with E-state index in [4.69, 9.17) is 9.47 Å². The molecule has 1 aliphatic rings. The first kappa shape index (κ1) is 16.0. The van der Waals surface area contributed by atoms with Crippen molar-refractivity contribution in [2.24, 2.45) is 0 Å². The van der Waals surface area contributed by atoms with E-state index >= 15 is 0 Å². The highest BCUT2D eigenvalue weighted by Gasteiger charge is 2.29. The van der Waals surface area contributed by atoms with Crippen molar-refractivity contribution in [2.75, 3.05) is 19.8 Å². The monoisotopic (exact) mass is 315 g/mol. The summed E-state index contributed by atoms with van der Waals surface area (Å²) >= 11 is 0. The van der Waals surface area contributed by atoms with Gasteiger partial charge in [0, 0.05) is 24.1 Å². The van der Waals surface area contributed by atoms with Crippen LogP contribution in [0.15, 0.2) is 48.5 Å². The summed E-state index contributed by atoms with van der Waals surface area (Å²) in [6, 6.07) is 15.0. The van der Waals surface area contributed by atoms with E-state index in [1.54, 1.807) is 0 Å². The van der Waals surface area contributed by atoms with E-state index in [0.29, 0.717) is 19.8 Å². The van der Waals surface area contributed by atoms with Gasteiger partial charge in [0.2, 0.25) is 0 Å². The molecule has 0 radical (unpaired) electrons. The van der Waals surface area contributed by atoms with Crippen LogP contribution >= 0.6 is 0 Å². The minimum absolute atomic E-state index is 0.206. The second-order valence-corrected chi connectivity index (χ2v) is 5.72. The Kier molecular flexibility index (Phi) is 5.26. The Morgan fingerprint density at radius 3 is 2.70 bits per heavy atom. The van der Waals surface area contributed by atoms with Crippen LogP contribution in [0, 0.1) is 5.82 Å². The van der Waals surface area contributed by atoms with Crippen molar-refractivity contribution >= 4 is 0 Å². The molecule has 0 bridgehead atoms. The van der Waals surface area contributed by atoms with E-state index in [-0.39, 0.29) is 17.8 Å². The summed E-state index contributed by atoms with van der Waals surface area (Å²) in [7, 11) is 0. The zero-order valence-electron chi connectivity index (χ0n) is 13.3. The standard InChI is InChI=1S/C19H22FNO2/c1-2-23-19-6-4-3-5-15(19)11-21-18-13-22-12-17(18)14-7-9-16(20)10-8-14/h3-10,17-18,21H,2,11-13H2,1H3/t17-,18+/m0/s1. The molecule has 122 valence electrons. The van der Waals surface area contributed by atoms with Gasteiger partial charge in [-0.25, -0.2) is 4.39 Å². The molecule has 0 spiro atoms. The Labute approximate surface area is 136 Å². The van der Waals surface area contributed by atoms with Gasteiger partial charge in [0.05, 0.1) is 19.8 Å². The predicted molar refractivity (Wildman–Crippen MR) is 88.2 cm³/mol. The van der Waals surface area contributed by atoms with Gasteiger partial charge in [-0.15, -0.1) is 0 Å². The highest BCUT2D eigenvalue weighted by molar-refractivity contribution is 5.33. The normalized spacial score (nSPS) is 20.6. The van der Waals surface area contributed by atoms with Gasteiger partial charge in [-0.3, -0.25) is 0 Å². The molecule has 0 unspecified atom stereocenters. The molecule has 1 fully saturated rings. The average Bonchev–Trinajstić information content (AvgIpc) is 3.03. The third-order valence-electron chi connectivity index (χ3n) is 4.21.